The molecule has 8 atom stereocenters. The summed E-state index contributed by atoms with van der Waals surface area (Å²) in [5, 5.41) is 12.0. The first-order valence-electron chi connectivity index (χ1n) is 20.5. The molecule has 10 nitrogen and oxygen atoms in total. The molecular weight excluding hydrogens is 697 g/mol. The number of rotatable bonds is 7. The Morgan fingerprint density at radius 1 is 1.00 bits per heavy atom. The first-order valence-corrected chi connectivity index (χ1v) is 20.5. The number of ether oxygens (including phenoxy) is 4. The van der Waals surface area contributed by atoms with Crippen molar-refractivity contribution in [2.45, 2.75) is 127 Å². The van der Waals surface area contributed by atoms with Gasteiger partial charge in [-0.3, -0.25) is 9.59 Å². The zero-order valence-corrected chi connectivity index (χ0v) is 32.3. The molecule has 10 heteroatoms. The molecule has 2 saturated carbocycles. The van der Waals surface area contributed by atoms with Crippen molar-refractivity contribution < 1.29 is 38.4 Å². The van der Waals surface area contributed by atoms with Crippen molar-refractivity contribution in [2.75, 3.05) is 19.7 Å². The van der Waals surface area contributed by atoms with Gasteiger partial charge in [0.25, 0.3) is 0 Å². The van der Waals surface area contributed by atoms with Crippen molar-refractivity contribution >= 4 is 23.9 Å². The number of nitrogens with zero attached hydrogens (tertiary/aromatic N) is 1. The van der Waals surface area contributed by atoms with Crippen LogP contribution in [0.15, 0.2) is 65.8 Å². The van der Waals surface area contributed by atoms with Crippen LogP contribution < -0.4 is 5.32 Å². The second-order valence-electron chi connectivity index (χ2n) is 18.0. The van der Waals surface area contributed by atoms with Gasteiger partial charge in [0.2, 0.25) is 11.8 Å². The largest absolute Gasteiger partial charge is 0.456 e. The Bertz CT molecular complexity index is 1910. The SMILES string of the molecule is CC1(C)C[C@@H]2C(=Cc3cccc(C(=O)O[C@@H]4CC(C(=O)N5CCC[C@@H]5C(=O)NCCO)=C[C@H]5OC6(Cc7ccccc7C6)O[C@H]54)c3)CCC3O[C@]3(C)CC[C@H]21. The maximum absolute atomic E-state index is 14.2. The smallest absolute Gasteiger partial charge is 0.338 e. The van der Waals surface area contributed by atoms with Crippen molar-refractivity contribution in [1.29, 1.82) is 0 Å². The Kier molecular flexibility index (Phi) is 9.35. The van der Waals surface area contributed by atoms with E-state index in [2.05, 4.69) is 50.4 Å². The predicted octanol–water partition coefficient (Wildman–Crippen LogP) is 5.70. The van der Waals surface area contributed by atoms with Crippen LogP contribution in [0.2, 0.25) is 0 Å². The average molecular weight is 751 g/mol. The van der Waals surface area contributed by atoms with E-state index in [1.165, 1.54) is 18.4 Å². The summed E-state index contributed by atoms with van der Waals surface area (Å²) in [5.74, 6) is -0.777. The van der Waals surface area contributed by atoms with Crippen LogP contribution >= 0.6 is 0 Å². The molecule has 2 N–H and O–H groups in total. The molecule has 1 unspecified atom stereocenters. The third-order valence-corrected chi connectivity index (χ3v) is 13.8. The standard InChI is InChI=1S/C45H54N2O8/c1-43(2)26-33-28(13-14-38-44(3,54-38)16-15-34(33)43)20-27-8-6-11-29(21-27)42(51)52-36-22-32(41(50)47-18-7-12-35(47)40(49)46-17-19-48)23-37-39(36)55-45(53-37)24-30-9-4-5-10-31(30)25-45/h4-6,8-11,20-21,23,33-39,48H,7,12-19,22,24-26H2,1-3H3,(H,46,49)/t33-,34-,35-,36-,37-,38?,39+,44-/m1/s1. The van der Waals surface area contributed by atoms with Crippen LogP contribution in [0.4, 0.5) is 0 Å². The number of hydrogen-bond acceptors (Lipinski definition) is 8. The number of aliphatic hydroxyl groups is 1. The van der Waals surface area contributed by atoms with Crippen LogP contribution in [0.3, 0.4) is 0 Å². The van der Waals surface area contributed by atoms with Gasteiger partial charge in [0, 0.05) is 37.9 Å². The predicted molar refractivity (Wildman–Crippen MR) is 205 cm³/mol. The maximum Gasteiger partial charge on any atom is 0.338 e. The van der Waals surface area contributed by atoms with Crippen molar-refractivity contribution in [3.05, 3.63) is 88.0 Å². The van der Waals surface area contributed by atoms with E-state index in [1.54, 1.807) is 11.0 Å². The van der Waals surface area contributed by atoms with Gasteiger partial charge in [-0.05, 0) is 104 Å². The minimum atomic E-state index is -0.918. The molecule has 3 saturated heterocycles. The minimum Gasteiger partial charge on any atom is -0.456 e. The van der Waals surface area contributed by atoms with Gasteiger partial charge in [0.15, 0.2) is 5.79 Å². The lowest BCUT2D eigenvalue weighted by molar-refractivity contribution is -0.172. The molecule has 1 spiro atoms. The minimum absolute atomic E-state index is 0.0215. The Morgan fingerprint density at radius 2 is 1.80 bits per heavy atom. The molecule has 3 heterocycles. The van der Waals surface area contributed by atoms with Crippen LogP contribution in [0.1, 0.15) is 99.2 Å². The molecule has 2 amide bonds. The third kappa shape index (κ3) is 6.87. The van der Waals surface area contributed by atoms with Crippen molar-refractivity contribution in [1.82, 2.24) is 10.2 Å². The van der Waals surface area contributed by atoms with Gasteiger partial charge in [-0.1, -0.05) is 61.9 Å². The number of amides is 2. The van der Waals surface area contributed by atoms with Gasteiger partial charge < -0.3 is 34.3 Å². The highest BCUT2D eigenvalue weighted by Crippen LogP contribution is 2.60. The Morgan fingerprint density at radius 3 is 2.56 bits per heavy atom. The summed E-state index contributed by atoms with van der Waals surface area (Å²) in [6.45, 7) is 7.45. The van der Waals surface area contributed by atoms with Gasteiger partial charge in [-0.2, -0.15) is 0 Å². The van der Waals surface area contributed by atoms with Crippen LogP contribution in [0.25, 0.3) is 6.08 Å². The monoisotopic (exact) mass is 750 g/mol. The molecule has 0 bridgehead atoms. The van der Waals surface area contributed by atoms with Crippen LogP contribution in [-0.4, -0.2) is 89.3 Å². The fourth-order valence-corrected chi connectivity index (χ4v) is 10.8. The van der Waals surface area contributed by atoms with Crippen LogP contribution in [0, 0.1) is 17.3 Å². The summed E-state index contributed by atoms with van der Waals surface area (Å²) in [4.78, 5) is 42.9. The van der Waals surface area contributed by atoms with Crippen molar-refractivity contribution in [2.24, 2.45) is 17.3 Å². The van der Waals surface area contributed by atoms with E-state index in [9.17, 15) is 19.5 Å². The highest BCUT2D eigenvalue weighted by Gasteiger charge is 2.57. The molecule has 292 valence electrons. The Labute approximate surface area is 323 Å². The molecular formula is C45H54N2O8. The number of hydrogen-bond donors (Lipinski definition) is 2. The molecule has 4 aliphatic carbocycles. The molecule has 55 heavy (non-hydrogen) atoms. The summed E-state index contributed by atoms with van der Waals surface area (Å²) >= 11 is 0. The van der Waals surface area contributed by atoms with Crippen LogP contribution in [0.5, 0.6) is 0 Å². The summed E-state index contributed by atoms with van der Waals surface area (Å²) in [6, 6.07) is 15.2. The number of esters is 1. The van der Waals surface area contributed by atoms with Crippen molar-refractivity contribution in [3.8, 4) is 0 Å². The highest BCUT2D eigenvalue weighted by molar-refractivity contribution is 5.98. The normalized spacial score (nSPS) is 34.5. The zero-order valence-electron chi connectivity index (χ0n) is 32.3. The summed E-state index contributed by atoms with van der Waals surface area (Å²) in [6.07, 6.45) is 10.4. The maximum atomic E-state index is 14.2. The lowest BCUT2D eigenvalue weighted by atomic mass is 9.52. The number of fused-ring (bicyclic) bond motifs is 4. The highest BCUT2D eigenvalue weighted by atomic mass is 16.8. The second kappa shape index (κ2) is 14.0. The van der Waals surface area contributed by atoms with Gasteiger partial charge in [0.05, 0.1) is 23.9 Å². The van der Waals surface area contributed by atoms with E-state index in [0.717, 1.165) is 36.0 Å². The van der Waals surface area contributed by atoms with E-state index in [1.807, 2.05) is 30.3 Å². The van der Waals surface area contributed by atoms with E-state index < -0.39 is 36.1 Å². The number of epoxide rings is 1. The molecule has 2 aromatic carbocycles. The summed E-state index contributed by atoms with van der Waals surface area (Å²) in [7, 11) is 0. The number of nitrogens with one attached hydrogen (secondary N) is 1. The number of carbonyl (C=O) groups is 3. The average Bonchev–Trinajstić information content (AvgIpc) is 3.54. The number of carbonyl (C=O) groups excluding carboxylic acids is 3. The fraction of sp³-hybridized carbons (Fsp3) is 0.578. The summed E-state index contributed by atoms with van der Waals surface area (Å²) < 4.78 is 26.0. The van der Waals surface area contributed by atoms with Crippen molar-refractivity contribution in [3.63, 3.8) is 0 Å². The quantitative estimate of drug-likeness (QED) is 0.273. The molecule has 7 aliphatic rings. The van der Waals surface area contributed by atoms with Gasteiger partial charge in [0.1, 0.15) is 24.4 Å². The molecule has 0 radical (unpaired) electrons. The zero-order chi connectivity index (χ0) is 38.1. The third-order valence-electron chi connectivity index (χ3n) is 13.8. The van der Waals surface area contributed by atoms with E-state index >= 15 is 0 Å². The van der Waals surface area contributed by atoms with E-state index in [-0.39, 0.29) is 37.0 Å². The molecule has 9 rings (SSSR count). The molecule has 5 fully saturated rings. The van der Waals surface area contributed by atoms with Gasteiger partial charge in [-0.15, -0.1) is 0 Å². The number of likely N-dealkylation sites (tertiary alicyclic amines) is 1. The lowest BCUT2D eigenvalue weighted by Crippen LogP contribution is -2.49. The molecule has 2 aromatic rings. The second-order valence-corrected chi connectivity index (χ2v) is 18.0. The van der Waals surface area contributed by atoms with Gasteiger partial charge >= 0.3 is 5.97 Å². The Hall–Kier alpha value is -3.83. The summed E-state index contributed by atoms with van der Waals surface area (Å²) in [5.41, 5.74) is 5.96. The topological polar surface area (TPSA) is 127 Å². The molecule has 0 aromatic heterocycles. The number of benzene rings is 2. The number of aliphatic hydroxyl groups excluding tert-OH is 1. The van der Waals surface area contributed by atoms with Gasteiger partial charge in [-0.25, -0.2) is 4.79 Å². The van der Waals surface area contributed by atoms with Crippen LogP contribution in [-0.2, 0) is 41.4 Å². The lowest BCUT2D eigenvalue weighted by Gasteiger charge is -2.53. The Balaban J connectivity index is 0.961. The van der Waals surface area contributed by atoms with E-state index in [4.69, 9.17) is 18.9 Å². The first-order chi connectivity index (χ1) is 26.4. The van der Waals surface area contributed by atoms with E-state index in [0.29, 0.717) is 66.7 Å². The fourth-order valence-electron chi connectivity index (χ4n) is 10.8. The molecule has 3 aliphatic heterocycles. The first kappa shape index (κ1) is 36.8. The number of allylic oxidation sites excluding steroid dienone is 1.